The van der Waals surface area contributed by atoms with Crippen LogP contribution in [-0.2, 0) is 12.8 Å². The fraction of sp³-hybridized carbons (Fsp3) is 0.750. The van der Waals surface area contributed by atoms with Gasteiger partial charge in [0.15, 0.2) is 0 Å². The third kappa shape index (κ3) is 14.0. The standard InChI is InChI=1S/C24H42.Na/c1-3-5-7-9-11-13-15-19-23-21-17-18-22-24(23)20-16-14-12-10-8-6-4-2;/h17-18,21-22H,3-16,19-20H2,1-2H3;/q;+1. The molecule has 1 heteroatoms. The number of hydrogen-bond donors (Lipinski definition) is 0. The summed E-state index contributed by atoms with van der Waals surface area (Å²) in [6.45, 7) is 4.59. The van der Waals surface area contributed by atoms with Gasteiger partial charge in [-0.15, -0.1) is 0 Å². The zero-order chi connectivity index (χ0) is 17.3. The topological polar surface area (TPSA) is 0 Å². The van der Waals surface area contributed by atoms with Crippen molar-refractivity contribution < 1.29 is 29.6 Å². The molecule has 0 aliphatic carbocycles. The number of benzene rings is 1. The molecule has 0 heterocycles. The van der Waals surface area contributed by atoms with Crippen molar-refractivity contribution in [2.45, 2.75) is 117 Å². The zero-order valence-corrected chi connectivity index (χ0v) is 19.6. The first kappa shape index (κ1) is 25.2. The molecule has 0 aliphatic rings. The fourth-order valence-electron chi connectivity index (χ4n) is 3.59. The molecule has 0 saturated heterocycles. The van der Waals surface area contributed by atoms with Crippen LogP contribution in [0, 0.1) is 0 Å². The van der Waals surface area contributed by atoms with Crippen LogP contribution in [-0.4, -0.2) is 0 Å². The molecular weight excluding hydrogens is 311 g/mol. The number of rotatable bonds is 16. The van der Waals surface area contributed by atoms with E-state index in [1.807, 2.05) is 0 Å². The third-order valence-electron chi connectivity index (χ3n) is 5.22. The van der Waals surface area contributed by atoms with Gasteiger partial charge < -0.3 is 0 Å². The summed E-state index contributed by atoms with van der Waals surface area (Å²) in [7, 11) is 0. The maximum Gasteiger partial charge on any atom is 1.00 e. The van der Waals surface area contributed by atoms with Crippen molar-refractivity contribution in [1.82, 2.24) is 0 Å². The van der Waals surface area contributed by atoms with Crippen LogP contribution < -0.4 is 29.6 Å². The molecule has 0 atom stereocenters. The van der Waals surface area contributed by atoms with Crippen molar-refractivity contribution in [1.29, 1.82) is 0 Å². The van der Waals surface area contributed by atoms with Gasteiger partial charge in [0.25, 0.3) is 0 Å². The van der Waals surface area contributed by atoms with Crippen molar-refractivity contribution >= 4 is 0 Å². The second-order valence-electron chi connectivity index (χ2n) is 7.51. The third-order valence-corrected chi connectivity index (χ3v) is 5.22. The summed E-state index contributed by atoms with van der Waals surface area (Å²) in [6, 6.07) is 9.19. The predicted octanol–water partition coefficient (Wildman–Crippen LogP) is 5.28. The summed E-state index contributed by atoms with van der Waals surface area (Å²) in [5.74, 6) is 0. The first-order chi connectivity index (χ1) is 11.9. The maximum atomic E-state index is 2.37. The van der Waals surface area contributed by atoms with Crippen LogP contribution in [0.5, 0.6) is 0 Å². The van der Waals surface area contributed by atoms with E-state index in [9.17, 15) is 0 Å². The average Bonchev–Trinajstić information content (AvgIpc) is 2.61. The Morgan fingerprint density at radius 1 is 0.480 bits per heavy atom. The Kier molecular flexibility index (Phi) is 19.2. The first-order valence-electron chi connectivity index (χ1n) is 10.9. The van der Waals surface area contributed by atoms with Crippen LogP contribution in [0.3, 0.4) is 0 Å². The summed E-state index contributed by atoms with van der Waals surface area (Å²) in [4.78, 5) is 0. The molecule has 1 aromatic rings. The molecule has 0 spiro atoms. The molecule has 0 aromatic heterocycles. The predicted molar refractivity (Wildman–Crippen MR) is 110 cm³/mol. The van der Waals surface area contributed by atoms with Gasteiger partial charge in [0.1, 0.15) is 0 Å². The Hall–Kier alpha value is 0.220. The van der Waals surface area contributed by atoms with Crippen LogP contribution in [0.15, 0.2) is 24.3 Å². The normalized spacial score (nSPS) is 10.6. The quantitative estimate of drug-likeness (QED) is 0.280. The van der Waals surface area contributed by atoms with Crippen molar-refractivity contribution in [2.24, 2.45) is 0 Å². The number of unbranched alkanes of at least 4 members (excludes halogenated alkanes) is 12. The molecule has 1 rings (SSSR count). The maximum absolute atomic E-state index is 2.37. The summed E-state index contributed by atoms with van der Waals surface area (Å²) in [6.07, 6.45) is 22.3. The van der Waals surface area contributed by atoms with E-state index in [1.165, 1.54) is 103 Å². The van der Waals surface area contributed by atoms with E-state index in [4.69, 9.17) is 0 Å². The minimum absolute atomic E-state index is 0. The van der Waals surface area contributed by atoms with Gasteiger partial charge in [0.2, 0.25) is 0 Å². The SMILES string of the molecule is CCCCCCCCCc1ccccc1CCCCCCCCC.[Na+]. The van der Waals surface area contributed by atoms with E-state index in [2.05, 4.69) is 38.1 Å². The molecule has 0 fully saturated rings. The summed E-state index contributed by atoms with van der Waals surface area (Å²) in [5.41, 5.74) is 3.24. The molecule has 0 radical (unpaired) electrons. The molecule has 0 nitrogen and oxygen atoms in total. The van der Waals surface area contributed by atoms with Crippen LogP contribution in [0.2, 0.25) is 0 Å². The van der Waals surface area contributed by atoms with Gasteiger partial charge >= 0.3 is 29.6 Å². The van der Waals surface area contributed by atoms with Gasteiger partial charge in [0, 0.05) is 0 Å². The van der Waals surface area contributed by atoms with Gasteiger partial charge in [0.05, 0.1) is 0 Å². The van der Waals surface area contributed by atoms with Crippen molar-refractivity contribution in [3.05, 3.63) is 35.4 Å². The number of aryl methyl sites for hydroxylation is 2. The second-order valence-corrected chi connectivity index (χ2v) is 7.51. The van der Waals surface area contributed by atoms with Gasteiger partial charge in [-0.1, -0.05) is 115 Å². The van der Waals surface area contributed by atoms with Crippen LogP contribution in [0.1, 0.15) is 115 Å². The average molecular weight is 354 g/mol. The van der Waals surface area contributed by atoms with Gasteiger partial charge in [-0.2, -0.15) is 0 Å². The van der Waals surface area contributed by atoms with Crippen molar-refractivity contribution in [2.75, 3.05) is 0 Å². The van der Waals surface area contributed by atoms with Crippen LogP contribution >= 0.6 is 0 Å². The minimum atomic E-state index is 0. The molecule has 0 aliphatic heterocycles. The molecule has 0 N–H and O–H groups in total. The van der Waals surface area contributed by atoms with E-state index in [0.717, 1.165) is 0 Å². The fourth-order valence-corrected chi connectivity index (χ4v) is 3.59. The van der Waals surface area contributed by atoms with Gasteiger partial charge in [-0.25, -0.2) is 0 Å². The molecule has 0 saturated carbocycles. The van der Waals surface area contributed by atoms with E-state index >= 15 is 0 Å². The Bertz CT molecular complexity index is 348. The summed E-state index contributed by atoms with van der Waals surface area (Å²) in [5, 5.41) is 0. The molecule has 0 unspecified atom stereocenters. The van der Waals surface area contributed by atoms with Crippen LogP contribution in [0.4, 0.5) is 0 Å². The molecule has 25 heavy (non-hydrogen) atoms. The van der Waals surface area contributed by atoms with E-state index in [1.54, 1.807) is 11.1 Å². The molecule has 1 aromatic carbocycles. The Balaban J connectivity index is 0.00000576. The summed E-state index contributed by atoms with van der Waals surface area (Å²) >= 11 is 0. The Morgan fingerprint density at radius 3 is 1.16 bits per heavy atom. The van der Waals surface area contributed by atoms with Crippen molar-refractivity contribution in [3.8, 4) is 0 Å². The second kappa shape index (κ2) is 19.0. The van der Waals surface area contributed by atoms with Crippen LogP contribution in [0.25, 0.3) is 0 Å². The molecule has 138 valence electrons. The van der Waals surface area contributed by atoms with E-state index < -0.39 is 0 Å². The van der Waals surface area contributed by atoms with Crippen molar-refractivity contribution in [3.63, 3.8) is 0 Å². The smallest absolute Gasteiger partial charge is 0.0654 e. The first-order valence-corrected chi connectivity index (χ1v) is 10.9. The zero-order valence-electron chi connectivity index (χ0n) is 17.6. The van der Waals surface area contributed by atoms with Gasteiger partial charge in [-0.3, -0.25) is 0 Å². The largest absolute Gasteiger partial charge is 1.00 e. The van der Waals surface area contributed by atoms with Gasteiger partial charge in [-0.05, 0) is 36.8 Å². The molecular formula is C24H42Na+. The monoisotopic (exact) mass is 353 g/mol. The molecule has 0 bridgehead atoms. The Labute approximate surface area is 180 Å². The summed E-state index contributed by atoms with van der Waals surface area (Å²) < 4.78 is 0. The van der Waals surface area contributed by atoms with E-state index in [0.29, 0.717) is 0 Å². The minimum Gasteiger partial charge on any atom is -0.0654 e. The van der Waals surface area contributed by atoms with E-state index in [-0.39, 0.29) is 29.6 Å². The number of hydrogen-bond acceptors (Lipinski definition) is 0. The molecule has 0 amide bonds. The Morgan fingerprint density at radius 2 is 0.800 bits per heavy atom.